The van der Waals surface area contributed by atoms with Gasteiger partial charge in [0.05, 0.1) is 6.10 Å². The molecule has 0 aromatic carbocycles. The number of hydrogen-bond acceptors (Lipinski definition) is 3. The summed E-state index contributed by atoms with van der Waals surface area (Å²) in [6, 6.07) is 0.656. The molecule has 0 saturated carbocycles. The fraction of sp³-hybridized carbons (Fsp3) is 0.917. The van der Waals surface area contributed by atoms with Gasteiger partial charge in [0.15, 0.2) is 0 Å². The van der Waals surface area contributed by atoms with Gasteiger partial charge in [-0.3, -0.25) is 4.79 Å². The van der Waals surface area contributed by atoms with E-state index in [4.69, 9.17) is 0 Å². The Balaban J connectivity index is 1.63. The van der Waals surface area contributed by atoms with E-state index < -0.39 is 0 Å². The molecule has 0 spiro atoms. The van der Waals surface area contributed by atoms with Crippen LogP contribution in [0.4, 0.5) is 0 Å². The largest absolute Gasteiger partial charge is 0.393 e. The van der Waals surface area contributed by atoms with E-state index in [1.165, 1.54) is 0 Å². The molecule has 0 aromatic rings. The van der Waals surface area contributed by atoms with Crippen molar-refractivity contribution in [1.29, 1.82) is 0 Å². The first-order valence-electron chi connectivity index (χ1n) is 6.44. The minimum atomic E-state index is -0.174. The molecule has 1 amide bonds. The number of fused-ring (bicyclic) bond motifs is 2. The zero-order chi connectivity index (χ0) is 11.1. The van der Waals surface area contributed by atoms with E-state index in [2.05, 4.69) is 10.2 Å². The minimum absolute atomic E-state index is 0.174. The molecular formula is C12H20N2O2. The second-order valence-corrected chi connectivity index (χ2v) is 5.54. The Bertz CT molecular complexity index is 277. The summed E-state index contributed by atoms with van der Waals surface area (Å²) in [7, 11) is 0. The maximum atomic E-state index is 12.2. The number of aliphatic hydroxyl groups excluding tert-OH is 1. The monoisotopic (exact) mass is 224 g/mol. The topological polar surface area (TPSA) is 52.6 Å². The molecule has 0 aliphatic carbocycles. The molecule has 2 atom stereocenters. The molecule has 16 heavy (non-hydrogen) atoms. The highest BCUT2D eigenvalue weighted by Gasteiger charge is 2.43. The van der Waals surface area contributed by atoms with Gasteiger partial charge in [-0.15, -0.1) is 0 Å². The Kier molecular flexibility index (Phi) is 2.64. The van der Waals surface area contributed by atoms with E-state index >= 15 is 0 Å². The third-order valence-electron chi connectivity index (χ3n) is 4.33. The number of aliphatic hydroxyl groups is 1. The normalized spacial score (nSPS) is 38.6. The number of rotatable bonds is 2. The van der Waals surface area contributed by atoms with Crippen molar-refractivity contribution in [3.8, 4) is 0 Å². The Labute approximate surface area is 96.0 Å². The van der Waals surface area contributed by atoms with Gasteiger partial charge in [-0.05, 0) is 44.7 Å². The molecule has 3 fully saturated rings. The molecule has 3 rings (SSSR count). The molecular weight excluding hydrogens is 204 g/mol. The molecule has 2 bridgehead atoms. The van der Waals surface area contributed by atoms with Gasteiger partial charge in [-0.2, -0.15) is 0 Å². The van der Waals surface area contributed by atoms with Crippen LogP contribution in [0.25, 0.3) is 0 Å². The van der Waals surface area contributed by atoms with Crippen LogP contribution in [0, 0.1) is 5.92 Å². The van der Waals surface area contributed by atoms with Crippen molar-refractivity contribution >= 4 is 5.91 Å². The third-order valence-corrected chi connectivity index (χ3v) is 4.33. The highest BCUT2D eigenvalue weighted by molar-refractivity contribution is 5.77. The highest BCUT2D eigenvalue weighted by Crippen LogP contribution is 2.36. The molecule has 3 saturated heterocycles. The van der Waals surface area contributed by atoms with E-state index in [1.54, 1.807) is 0 Å². The average Bonchev–Trinajstić information content (AvgIpc) is 2.45. The molecule has 2 unspecified atom stereocenters. The quantitative estimate of drug-likeness (QED) is 0.700. The van der Waals surface area contributed by atoms with Gasteiger partial charge in [0.2, 0.25) is 5.91 Å². The van der Waals surface area contributed by atoms with Gasteiger partial charge >= 0.3 is 0 Å². The molecule has 2 N–H and O–H groups in total. The van der Waals surface area contributed by atoms with Gasteiger partial charge in [-0.1, -0.05) is 0 Å². The standard InChI is InChI=1S/C12H20N2O2/c15-11-4-9-1-2-10(5-11)14(9)12(16)3-8-6-13-7-8/h8-11,13,15H,1-7H2. The number of amides is 1. The Morgan fingerprint density at radius 2 is 1.88 bits per heavy atom. The second-order valence-electron chi connectivity index (χ2n) is 5.54. The second kappa shape index (κ2) is 4.00. The molecule has 3 aliphatic rings. The van der Waals surface area contributed by atoms with Crippen LogP contribution >= 0.6 is 0 Å². The van der Waals surface area contributed by atoms with E-state index in [0.29, 0.717) is 30.3 Å². The van der Waals surface area contributed by atoms with Crippen molar-refractivity contribution in [2.45, 2.75) is 50.3 Å². The summed E-state index contributed by atoms with van der Waals surface area (Å²) in [6.07, 6.45) is 4.31. The van der Waals surface area contributed by atoms with Crippen LogP contribution in [0.5, 0.6) is 0 Å². The molecule has 90 valence electrons. The first kappa shape index (κ1) is 10.5. The summed E-state index contributed by atoms with van der Waals surface area (Å²) in [6.45, 7) is 2.00. The molecule has 4 nitrogen and oxygen atoms in total. The first-order chi connectivity index (χ1) is 7.74. The van der Waals surface area contributed by atoms with E-state index in [1.807, 2.05) is 0 Å². The van der Waals surface area contributed by atoms with Crippen LogP contribution in [-0.2, 0) is 4.79 Å². The first-order valence-corrected chi connectivity index (χ1v) is 6.44. The van der Waals surface area contributed by atoms with Gasteiger partial charge in [0.25, 0.3) is 0 Å². The SMILES string of the molecule is O=C(CC1CNC1)N1C2CCC1CC(O)C2. The maximum absolute atomic E-state index is 12.2. The fourth-order valence-corrected chi connectivity index (χ4v) is 3.40. The van der Waals surface area contributed by atoms with Crippen molar-refractivity contribution < 1.29 is 9.90 Å². The molecule has 4 heteroatoms. The lowest BCUT2D eigenvalue weighted by molar-refractivity contribution is -0.138. The van der Waals surface area contributed by atoms with E-state index in [-0.39, 0.29) is 6.10 Å². The molecule has 0 aromatic heterocycles. The Morgan fingerprint density at radius 3 is 2.38 bits per heavy atom. The lowest BCUT2D eigenvalue weighted by Crippen LogP contribution is -2.51. The lowest BCUT2D eigenvalue weighted by atomic mass is 9.95. The van der Waals surface area contributed by atoms with Crippen molar-refractivity contribution in [3.63, 3.8) is 0 Å². The Morgan fingerprint density at radius 1 is 1.25 bits per heavy atom. The predicted molar refractivity (Wildman–Crippen MR) is 59.9 cm³/mol. The van der Waals surface area contributed by atoms with Gasteiger partial charge in [-0.25, -0.2) is 0 Å². The number of hydrogen-bond donors (Lipinski definition) is 2. The van der Waals surface area contributed by atoms with E-state index in [0.717, 1.165) is 38.8 Å². The summed E-state index contributed by atoms with van der Waals surface area (Å²) in [5.41, 5.74) is 0. The van der Waals surface area contributed by atoms with Crippen LogP contribution in [0.1, 0.15) is 32.1 Å². The van der Waals surface area contributed by atoms with Gasteiger partial charge in [0.1, 0.15) is 0 Å². The van der Waals surface area contributed by atoms with Crippen molar-refractivity contribution in [2.24, 2.45) is 5.92 Å². The summed E-state index contributed by atoms with van der Waals surface area (Å²) in [5, 5.41) is 12.9. The Hall–Kier alpha value is -0.610. The zero-order valence-electron chi connectivity index (χ0n) is 9.56. The number of nitrogens with one attached hydrogen (secondary N) is 1. The van der Waals surface area contributed by atoms with Crippen molar-refractivity contribution in [1.82, 2.24) is 10.2 Å². The van der Waals surface area contributed by atoms with Crippen molar-refractivity contribution in [3.05, 3.63) is 0 Å². The smallest absolute Gasteiger partial charge is 0.223 e. The average molecular weight is 224 g/mol. The van der Waals surface area contributed by atoms with Crippen LogP contribution in [0.15, 0.2) is 0 Å². The summed E-state index contributed by atoms with van der Waals surface area (Å²) < 4.78 is 0. The summed E-state index contributed by atoms with van der Waals surface area (Å²) in [4.78, 5) is 14.3. The highest BCUT2D eigenvalue weighted by atomic mass is 16.3. The van der Waals surface area contributed by atoms with E-state index in [9.17, 15) is 9.90 Å². The number of piperidine rings is 1. The van der Waals surface area contributed by atoms with Crippen molar-refractivity contribution in [2.75, 3.05) is 13.1 Å². The fourth-order valence-electron chi connectivity index (χ4n) is 3.40. The molecule has 3 heterocycles. The van der Waals surface area contributed by atoms with Crippen LogP contribution in [0.2, 0.25) is 0 Å². The summed E-state index contributed by atoms with van der Waals surface area (Å²) >= 11 is 0. The van der Waals surface area contributed by atoms with Crippen LogP contribution < -0.4 is 5.32 Å². The van der Waals surface area contributed by atoms with Gasteiger partial charge in [0, 0.05) is 18.5 Å². The zero-order valence-corrected chi connectivity index (χ0v) is 9.56. The third kappa shape index (κ3) is 1.74. The number of carbonyl (C=O) groups excluding carboxylic acids is 1. The minimum Gasteiger partial charge on any atom is -0.393 e. The van der Waals surface area contributed by atoms with Gasteiger partial charge < -0.3 is 15.3 Å². The van der Waals surface area contributed by atoms with Crippen LogP contribution in [0.3, 0.4) is 0 Å². The number of carbonyl (C=O) groups is 1. The summed E-state index contributed by atoms with van der Waals surface area (Å²) in [5.74, 6) is 0.879. The number of nitrogens with zero attached hydrogens (tertiary/aromatic N) is 1. The predicted octanol–water partition coefficient (Wildman–Crippen LogP) is 0.110. The van der Waals surface area contributed by atoms with Crippen LogP contribution in [-0.4, -0.2) is 47.2 Å². The molecule has 3 aliphatic heterocycles. The lowest BCUT2D eigenvalue weighted by Gasteiger charge is -2.39. The molecule has 0 radical (unpaired) electrons. The maximum Gasteiger partial charge on any atom is 0.223 e.